The number of nitrogens with one attached hydrogen (secondary N) is 1. The summed E-state index contributed by atoms with van der Waals surface area (Å²) in [6.45, 7) is 6.83. The van der Waals surface area contributed by atoms with Crippen molar-refractivity contribution in [1.29, 1.82) is 0 Å². The van der Waals surface area contributed by atoms with Crippen LogP contribution in [0.3, 0.4) is 0 Å². The molecule has 0 bridgehead atoms. The van der Waals surface area contributed by atoms with Gasteiger partial charge in [0.2, 0.25) is 0 Å². The van der Waals surface area contributed by atoms with E-state index in [0.717, 1.165) is 13.0 Å². The normalized spacial score (nSPS) is 25.8. The second-order valence-electron chi connectivity index (χ2n) is 9.55. The fourth-order valence-corrected chi connectivity index (χ4v) is 4.65. The smallest absolute Gasteiger partial charge is 0.407 e. The van der Waals surface area contributed by atoms with E-state index in [2.05, 4.69) is 22.3 Å². The third kappa shape index (κ3) is 5.05. The molecule has 7 heteroatoms. The maximum Gasteiger partial charge on any atom is 0.407 e. The summed E-state index contributed by atoms with van der Waals surface area (Å²) in [6.07, 6.45) is -0.896. The number of benzene rings is 2. The number of halogens is 1. The van der Waals surface area contributed by atoms with Crippen LogP contribution in [0.5, 0.6) is 5.75 Å². The van der Waals surface area contributed by atoms with Crippen LogP contribution < -0.4 is 10.1 Å². The van der Waals surface area contributed by atoms with Crippen molar-refractivity contribution in [2.45, 2.75) is 70.1 Å². The van der Waals surface area contributed by atoms with Crippen molar-refractivity contribution in [1.82, 2.24) is 10.2 Å². The molecule has 0 saturated heterocycles. The highest BCUT2D eigenvalue weighted by Gasteiger charge is 2.48. The number of carbonyl (C=O) groups excluding carboxylic acids is 1. The quantitative estimate of drug-likeness (QED) is 0.756. The standard InChI is InChI=1S/C25H31FN2O4/c1-25(2,3)32-24(30)27-19-14-21(31-20-11-7-6-10-18(20)26)23(29)22(19)28-13-12-16-8-4-5-9-17(16)15-28/h4-11,19,21-23,29H,12-15H2,1-3H3,(H,27,30)/t19-,21-,22+,23+/m1/s1. The van der Waals surface area contributed by atoms with E-state index in [4.69, 9.17) is 9.47 Å². The Hall–Kier alpha value is -2.64. The number of amides is 1. The van der Waals surface area contributed by atoms with Gasteiger partial charge in [-0.15, -0.1) is 0 Å². The molecule has 1 amide bonds. The lowest BCUT2D eigenvalue weighted by atomic mass is 9.97. The highest BCUT2D eigenvalue weighted by molar-refractivity contribution is 5.68. The SMILES string of the molecule is CC(C)(C)OC(=O)N[C@@H]1C[C@@H](Oc2ccccc2F)[C@H](O)[C@H]1N1CCc2ccccc2C1. The maximum absolute atomic E-state index is 14.2. The first-order valence-corrected chi connectivity index (χ1v) is 11.1. The van der Waals surface area contributed by atoms with Gasteiger partial charge in [-0.1, -0.05) is 36.4 Å². The minimum absolute atomic E-state index is 0.0946. The Bertz CT molecular complexity index is 961. The number of hydrogen-bond donors (Lipinski definition) is 2. The van der Waals surface area contributed by atoms with Gasteiger partial charge < -0.3 is 19.9 Å². The van der Waals surface area contributed by atoms with Crippen LogP contribution in [0.4, 0.5) is 9.18 Å². The molecule has 172 valence electrons. The number of aliphatic hydroxyl groups excluding tert-OH is 1. The summed E-state index contributed by atoms with van der Waals surface area (Å²) in [5, 5.41) is 14.2. The molecule has 1 aliphatic carbocycles. The zero-order valence-electron chi connectivity index (χ0n) is 18.8. The summed E-state index contributed by atoms with van der Waals surface area (Å²) in [7, 11) is 0. The topological polar surface area (TPSA) is 71.0 Å². The summed E-state index contributed by atoms with van der Waals surface area (Å²) in [5.41, 5.74) is 1.87. The number of ether oxygens (including phenoxy) is 2. The minimum atomic E-state index is -0.903. The van der Waals surface area contributed by atoms with E-state index in [9.17, 15) is 14.3 Å². The van der Waals surface area contributed by atoms with Gasteiger partial charge in [-0.05, 0) is 50.5 Å². The number of fused-ring (bicyclic) bond motifs is 1. The van der Waals surface area contributed by atoms with Gasteiger partial charge in [0.05, 0.1) is 12.1 Å². The molecule has 0 aromatic heterocycles. The number of aliphatic hydroxyl groups is 1. The second kappa shape index (κ2) is 9.08. The van der Waals surface area contributed by atoms with Gasteiger partial charge in [0, 0.05) is 19.5 Å². The lowest BCUT2D eigenvalue weighted by Gasteiger charge is -2.38. The summed E-state index contributed by atoms with van der Waals surface area (Å²) < 4.78 is 25.5. The molecule has 2 aromatic rings. The Balaban J connectivity index is 1.55. The molecule has 0 spiro atoms. The van der Waals surface area contributed by atoms with E-state index in [1.807, 2.05) is 12.1 Å². The molecule has 0 unspecified atom stereocenters. The fourth-order valence-electron chi connectivity index (χ4n) is 4.65. The van der Waals surface area contributed by atoms with E-state index in [1.54, 1.807) is 39.0 Å². The molecule has 32 heavy (non-hydrogen) atoms. The Labute approximate surface area is 188 Å². The molecular formula is C25H31FN2O4. The van der Waals surface area contributed by atoms with Crippen molar-refractivity contribution in [2.24, 2.45) is 0 Å². The first kappa shape index (κ1) is 22.6. The fraction of sp³-hybridized carbons (Fsp3) is 0.480. The van der Waals surface area contributed by atoms with Gasteiger partial charge in [0.25, 0.3) is 0 Å². The van der Waals surface area contributed by atoms with E-state index in [1.165, 1.54) is 17.2 Å². The third-order valence-corrected chi connectivity index (χ3v) is 6.03. The predicted molar refractivity (Wildman–Crippen MR) is 119 cm³/mol. The van der Waals surface area contributed by atoms with Crippen LogP contribution in [0.2, 0.25) is 0 Å². The summed E-state index contributed by atoms with van der Waals surface area (Å²) in [5.74, 6) is -0.385. The van der Waals surface area contributed by atoms with Crippen LogP contribution in [0.1, 0.15) is 38.3 Å². The van der Waals surface area contributed by atoms with Gasteiger partial charge in [-0.25, -0.2) is 9.18 Å². The minimum Gasteiger partial charge on any atom is -0.485 e. The van der Waals surface area contributed by atoms with E-state index in [-0.39, 0.29) is 11.8 Å². The molecule has 1 saturated carbocycles. The van der Waals surface area contributed by atoms with E-state index in [0.29, 0.717) is 13.0 Å². The van der Waals surface area contributed by atoms with Crippen LogP contribution in [-0.2, 0) is 17.7 Å². The number of rotatable bonds is 4. The number of carbonyl (C=O) groups is 1. The molecule has 1 aliphatic heterocycles. The Morgan fingerprint density at radius 2 is 1.81 bits per heavy atom. The van der Waals surface area contributed by atoms with Crippen molar-refractivity contribution < 1.29 is 23.8 Å². The number of hydrogen-bond acceptors (Lipinski definition) is 5. The molecule has 6 nitrogen and oxygen atoms in total. The Morgan fingerprint density at radius 3 is 2.53 bits per heavy atom. The van der Waals surface area contributed by atoms with Crippen molar-refractivity contribution in [3.8, 4) is 5.75 Å². The van der Waals surface area contributed by atoms with Crippen LogP contribution in [0.25, 0.3) is 0 Å². The lowest BCUT2D eigenvalue weighted by Crippen LogP contribution is -2.55. The number of alkyl carbamates (subject to hydrolysis) is 1. The van der Waals surface area contributed by atoms with E-state index >= 15 is 0 Å². The highest BCUT2D eigenvalue weighted by atomic mass is 19.1. The average molecular weight is 443 g/mol. The van der Waals surface area contributed by atoms with Crippen LogP contribution in [0, 0.1) is 5.82 Å². The molecule has 1 fully saturated rings. The van der Waals surface area contributed by atoms with Gasteiger partial charge in [0.1, 0.15) is 17.8 Å². The first-order chi connectivity index (χ1) is 15.2. The van der Waals surface area contributed by atoms with Gasteiger partial charge in [-0.2, -0.15) is 0 Å². The van der Waals surface area contributed by atoms with Crippen LogP contribution in [0.15, 0.2) is 48.5 Å². The zero-order chi connectivity index (χ0) is 22.9. The van der Waals surface area contributed by atoms with Crippen molar-refractivity contribution >= 4 is 6.09 Å². The molecule has 2 aliphatic rings. The molecule has 2 N–H and O–H groups in total. The lowest BCUT2D eigenvalue weighted by molar-refractivity contribution is 0.0000363. The summed E-state index contributed by atoms with van der Waals surface area (Å²) in [6, 6.07) is 13.6. The predicted octanol–water partition coefficient (Wildman–Crippen LogP) is 3.66. The monoisotopic (exact) mass is 442 g/mol. The maximum atomic E-state index is 14.2. The van der Waals surface area contributed by atoms with Gasteiger partial charge >= 0.3 is 6.09 Å². The van der Waals surface area contributed by atoms with Gasteiger partial charge in [0.15, 0.2) is 11.6 Å². The zero-order valence-corrected chi connectivity index (χ0v) is 18.8. The second-order valence-corrected chi connectivity index (χ2v) is 9.55. The van der Waals surface area contributed by atoms with Gasteiger partial charge in [-0.3, -0.25) is 4.90 Å². The van der Waals surface area contributed by atoms with Crippen molar-refractivity contribution in [3.05, 3.63) is 65.5 Å². The summed E-state index contributed by atoms with van der Waals surface area (Å²) >= 11 is 0. The van der Waals surface area contributed by atoms with Crippen LogP contribution >= 0.6 is 0 Å². The molecule has 1 heterocycles. The van der Waals surface area contributed by atoms with Crippen LogP contribution in [-0.4, -0.2) is 52.5 Å². The average Bonchev–Trinajstić information content (AvgIpc) is 3.02. The largest absolute Gasteiger partial charge is 0.485 e. The Kier molecular flexibility index (Phi) is 6.40. The third-order valence-electron chi connectivity index (χ3n) is 6.03. The first-order valence-electron chi connectivity index (χ1n) is 11.1. The molecular weight excluding hydrogens is 411 g/mol. The molecule has 0 radical (unpaired) electrons. The summed E-state index contributed by atoms with van der Waals surface area (Å²) in [4.78, 5) is 14.7. The Morgan fingerprint density at radius 1 is 1.12 bits per heavy atom. The van der Waals surface area contributed by atoms with Crippen molar-refractivity contribution in [2.75, 3.05) is 6.54 Å². The molecule has 2 aromatic carbocycles. The van der Waals surface area contributed by atoms with E-state index < -0.39 is 35.8 Å². The molecule has 4 atom stereocenters. The molecule has 4 rings (SSSR count). The number of para-hydroxylation sites is 1. The number of nitrogens with zero attached hydrogens (tertiary/aromatic N) is 1. The van der Waals surface area contributed by atoms with Crippen molar-refractivity contribution in [3.63, 3.8) is 0 Å². The highest BCUT2D eigenvalue weighted by Crippen LogP contribution is 2.33.